The Morgan fingerprint density at radius 3 is 2.81 bits per heavy atom. The van der Waals surface area contributed by atoms with E-state index in [-0.39, 0.29) is 0 Å². The maximum atomic E-state index is 10.1. The molecular weight excluding hydrogens is 268 g/mol. The van der Waals surface area contributed by atoms with Crippen molar-refractivity contribution in [3.8, 4) is 0 Å². The molecule has 0 amide bonds. The minimum atomic E-state index is -0.703. The molecule has 0 aliphatic carbocycles. The lowest BCUT2D eigenvalue weighted by Gasteiger charge is -2.26. The zero-order valence-electron chi connectivity index (χ0n) is 10.00. The van der Waals surface area contributed by atoms with E-state index in [1.54, 1.807) is 6.20 Å². The summed E-state index contributed by atoms with van der Waals surface area (Å²) in [6.45, 7) is 6.55. The van der Waals surface area contributed by atoms with E-state index in [9.17, 15) is 5.11 Å². The Labute approximate surface area is 105 Å². The van der Waals surface area contributed by atoms with Crippen LogP contribution in [-0.4, -0.2) is 22.2 Å². The summed E-state index contributed by atoms with van der Waals surface area (Å²) in [5, 5.41) is 13.3. The largest absolute Gasteiger partial charge is 0.388 e. The van der Waals surface area contributed by atoms with Gasteiger partial charge in [0.25, 0.3) is 0 Å². The fourth-order valence-electron chi connectivity index (χ4n) is 1.74. The highest BCUT2D eigenvalue weighted by atomic mass is 79.9. The molecule has 0 spiro atoms. The number of halogens is 1. The number of aromatic nitrogens is 1. The first-order chi connectivity index (χ1) is 7.41. The number of hydrogen-bond donors (Lipinski definition) is 2. The third-order valence-corrected chi connectivity index (χ3v) is 2.88. The summed E-state index contributed by atoms with van der Waals surface area (Å²) in [7, 11) is 0. The molecule has 0 aromatic carbocycles. The average Bonchev–Trinajstić information content (AvgIpc) is 2.14. The first kappa shape index (κ1) is 13.5. The minimum absolute atomic E-state index is 0.476. The number of rotatable bonds is 5. The SMILES string of the molecule is CC(C)CC(C)(O)CNc1ncccc1Br. The highest BCUT2D eigenvalue weighted by molar-refractivity contribution is 9.10. The molecule has 1 aromatic heterocycles. The Morgan fingerprint density at radius 2 is 2.25 bits per heavy atom. The van der Waals surface area contributed by atoms with E-state index in [4.69, 9.17) is 0 Å². The van der Waals surface area contributed by atoms with Crippen LogP contribution in [0.1, 0.15) is 27.2 Å². The van der Waals surface area contributed by atoms with Crippen LogP contribution in [0.25, 0.3) is 0 Å². The first-order valence-corrected chi connectivity index (χ1v) is 6.27. The second-order valence-electron chi connectivity index (χ2n) is 4.78. The normalized spacial score (nSPS) is 14.9. The molecule has 1 rings (SSSR count). The zero-order chi connectivity index (χ0) is 12.2. The van der Waals surface area contributed by atoms with Crippen molar-refractivity contribution >= 4 is 21.7 Å². The standard InChI is InChI=1S/C12H19BrN2O/c1-9(2)7-12(3,16)8-15-11-10(13)5-4-6-14-11/h4-6,9,16H,7-8H2,1-3H3,(H,14,15). The molecule has 0 aliphatic rings. The van der Waals surface area contributed by atoms with Crippen molar-refractivity contribution in [2.24, 2.45) is 5.92 Å². The molecule has 1 heterocycles. The molecule has 0 aliphatic heterocycles. The van der Waals surface area contributed by atoms with Crippen LogP contribution in [-0.2, 0) is 0 Å². The highest BCUT2D eigenvalue weighted by Crippen LogP contribution is 2.21. The van der Waals surface area contributed by atoms with Crippen LogP contribution in [0.2, 0.25) is 0 Å². The summed E-state index contributed by atoms with van der Waals surface area (Å²) in [5.74, 6) is 1.25. The van der Waals surface area contributed by atoms with Gasteiger partial charge in [-0.25, -0.2) is 4.98 Å². The molecule has 0 saturated carbocycles. The predicted octanol–water partition coefficient (Wildman–Crippen LogP) is 3.05. The predicted molar refractivity (Wildman–Crippen MR) is 70.5 cm³/mol. The lowest BCUT2D eigenvalue weighted by molar-refractivity contribution is 0.0514. The molecular formula is C12H19BrN2O. The lowest BCUT2D eigenvalue weighted by Crippen LogP contribution is -2.35. The Balaban J connectivity index is 2.54. The van der Waals surface area contributed by atoms with E-state index >= 15 is 0 Å². The van der Waals surface area contributed by atoms with E-state index in [0.717, 1.165) is 16.7 Å². The molecule has 1 atom stereocenters. The van der Waals surface area contributed by atoms with Gasteiger partial charge in [-0.1, -0.05) is 13.8 Å². The number of nitrogens with zero attached hydrogens (tertiary/aromatic N) is 1. The molecule has 1 aromatic rings. The quantitative estimate of drug-likeness (QED) is 0.875. The minimum Gasteiger partial charge on any atom is -0.388 e. The number of nitrogens with one attached hydrogen (secondary N) is 1. The van der Waals surface area contributed by atoms with Gasteiger partial charge in [0, 0.05) is 12.7 Å². The van der Waals surface area contributed by atoms with Crippen LogP contribution in [0.4, 0.5) is 5.82 Å². The number of anilines is 1. The van der Waals surface area contributed by atoms with E-state index in [0.29, 0.717) is 12.5 Å². The summed E-state index contributed by atoms with van der Waals surface area (Å²) in [4.78, 5) is 4.19. The van der Waals surface area contributed by atoms with Gasteiger partial charge in [0.1, 0.15) is 5.82 Å². The Bertz CT molecular complexity index is 340. The van der Waals surface area contributed by atoms with Gasteiger partial charge in [-0.15, -0.1) is 0 Å². The summed E-state index contributed by atoms with van der Waals surface area (Å²) >= 11 is 3.41. The maximum absolute atomic E-state index is 10.1. The summed E-state index contributed by atoms with van der Waals surface area (Å²) in [5.41, 5.74) is -0.703. The smallest absolute Gasteiger partial charge is 0.140 e. The molecule has 16 heavy (non-hydrogen) atoms. The Hall–Kier alpha value is -0.610. The van der Waals surface area contributed by atoms with Crippen LogP contribution in [0, 0.1) is 5.92 Å². The number of aliphatic hydroxyl groups is 1. The van der Waals surface area contributed by atoms with Crippen molar-refractivity contribution < 1.29 is 5.11 Å². The van der Waals surface area contributed by atoms with E-state index in [2.05, 4.69) is 40.1 Å². The monoisotopic (exact) mass is 286 g/mol. The van der Waals surface area contributed by atoms with Crippen molar-refractivity contribution in [2.75, 3.05) is 11.9 Å². The first-order valence-electron chi connectivity index (χ1n) is 5.47. The van der Waals surface area contributed by atoms with Gasteiger partial charge < -0.3 is 10.4 Å². The van der Waals surface area contributed by atoms with Gasteiger partial charge in [-0.3, -0.25) is 0 Å². The van der Waals surface area contributed by atoms with Crippen molar-refractivity contribution in [3.63, 3.8) is 0 Å². The second-order valence-corrected chi connectivity index (χ2v) is 5.64. The third kappa shape index (κ3) is 4.49. The number of hydrogen-bond acceptors (Lipinski definition) is 3. The topological polar surface area (TPSA) is 45.1 Å². The van der Waals surface area contributed by atoms with Crippen LogP contribution in [0.15, 0.2) is 22.8 Å². The summed E-state index contributed by atoms with van der Waals surface area (Å²) in [6, 6.07) is 3.79. The van der Waals surface area contributed by atoms with Crippen molar-refractivity contribution in [1.82, 2.24) is 4.98 Å². The van der Waals surface area contributed by atoms with Gasteiger partial charge in [-0.05, 0) is 47.3 Å². The molecule has 0 saturated heterocycles. The van der Waals surface area contributed by atoms with Crippen LogP contribution >= 0.6 is 15.9 Å². The van der Waals surface area contributed by atoms with Crippen LogP contribution in [0.3, 0.4) is 0 Å². The third-order valence-electron chi connectivity index (χ3n) is 2.24. The molecule has 2 N–H and O–H groups in total. The molecule has 3 nitrogen and oxygen atoms in total. The van der Waals surface area contributed by atoms with E-state index < -0.39 is 5.60 Å². The van der Waals surface area contributed by atoms with Crippen molar-refractivity contribution in [1.29, 1.82) is 0 Å². The fourth-order valence-corrected chi connectivity index (χ4v) is 2.14. The number of pyridine rings is 1. The van der Waals surface area contributed by atoms with Gasteiger partial charge in [0.2, 0.25) is 0 Å². The van der Waals surface area contributed by atoms with Gasteiger partial charge in [0.05, 0.1) is 10.1 Å². The van der Waals surface area contributed by atoms with Crippen molar-refractivity contribution in [3.05, 3.63) is 22.8 Å². The second kappa shape index (κ2) is 5.64. The lowest BCUT2D eigenvalue weighted by atomic mass is 9.94. The fraction of sp³-hybridized carbons (Fsp3) is 0.583. The van der Waals surface area contributed by atoms with Crippen LogP contribution < -0.4 is 5.32 Å². The van der Waals surface area contributed by atoms with Crippen LogP contribution in [0.5, 0.6) is 0 Å². The summed E-state index contributed by atoms with van der Waals surface area (Å²) in [6.07, 6.45) is 2.49. The van der Waals surface area contributed by atoms with E-state index in [1.807, 2.05) is 19.1 Å². The average molecular weight is 287 g/mol. The molecule has 0 bridgehead atoms. The molecule has 90 valence electrons. The molecule has 0 radical (unpaired) electrons. The van der Waals surface area contributed by atoms with Crippen molar-refractivity contribution in [2.45, 2.75) is 32.8 Å². The van der Waals surface area contributed by atoms with E-state index in [1.165, 1.54) is 0 Å². The highest BCUT2D eigenvalue weighted by Gasteiger charge is 2.21. The molecule has 0 fully saturated rings. The summed E-state index contributed by atoms with van der Waals surface area (Å²) < 4.78 is 0.912. The van der Waals surface area contributed by atoms with Gasteiger partial charge >= 0.3 is 0 Å². The molecule has 4 heteroatoms. The Kier molecular flexibility index (Phi) is 4.74. The Morgan fingerprint density at radius 1 is 1.56 bits per heavy atom. The van der Waals surface area contributed by atoms with Gasteiger partial charge in [-0.2, -0.15) is 0 Å². The molecule has 1 unspecified atom stereocenters. The van der Waals surface area contributed by atoms with Gasteiger partial charge in [0.15, 0.2) is 0 Å². The maximum Gasteiger partial charge on any atom is 0.140 e. The zero-order valence-corrected chi connectivity index (χ0v) is 11.6.